The number of nitrogens with one attached hydrogen (secondary N) is 1. The maximum absolute atomic E-state index is 13.1. The van der Waals surface area contributed by atoms with Gasteiger partial charge < -0.3 is 5.11 Å². The maximum Gasteiger partial charge on any atom is 0.257 e. The standard InChI is InChI=1S/C27H26N2O3S2/c1-6-11-18(4)16-19(5)34(31,32)29-23-17-25(27(30)22(8-3)21(23)7-2)33-24-14-9-12-20-13-10-15-28-26(20)24/h6-17,29-30H,1-3H2,4-5H3/b18-11+,19-16+. The first-order valence-corrected chi connectivity index (χ1v) is 12.7. The topological polar surface area (TPSA) is 79.3 Å². The number of fused-ring (bicyclic) bond motifs is 1. The molecule has 0 radical (unpaired) electrons. The summed E-state index contributed by atoms with van der Waals surface area (Å²) < 4.78 is 28.8. The summed E-state index contributed by atoms with van der Waals surface area (Å²) >= 11 is 1.29. The van der Waals surface area contributed by atoms with Gasteiger partial charge in [0.2, 0.25) is 0 Å². The fourth-order valence-corrected chi connectivity index (χ4v) is 5.40. The third-order valence-electron chi connectivity index (χ3n) is 5.05. The highest BCUT2D eigenvalue weighted by Crippen LogP contribution is 2.44. The lowest BCUT2D eigenvalue weighted by Gasteiger charge is -2.17. The van der Waals surface area contributed by atoms with Crippen LogP contribution < -0.4 is 4.72 Å². The quantitative estimate of drug-likeness (QED) is 0.246. The highest BCUT2D eigenvalue weighted by Gasteiger charge is 2.21. The number of allylic oxidation sites excluding steroid dienone is 5. The zero-order valence-electron chi connectivity index (χ0n) is 19.1. The van der Waals surface area contributed by atoms with E-state index in [0.717, 1.165) is 21.4 Å². The van der Waals surface area contributed by atoms with Crippen LogP contribution in [0.3, 0.4) is 0 Å². The Morgan fingerprint density at radius 1 is 1.06 bits per heavy atom. The number of aromatic nitrogens is 1. The molecule has 0 bridgehead atoms. The van der Waals surface area contributed by atoms with Crippen LogP contribution in [0.25, 0.3) is 23.1 Å². The zero-order valence-corrected chi connectivity index (χ0v) is 20.7. The second-order valence-corrected chi connectivity index (χ2v) is 10.4. The molecule has 0 saturated carbocycles. The van der Waals surface area contributed by atoms with Crippen molar-refractivity contribution >= 4 is 50.5 Å². The maximum atomic E-state index is 13.1. The predicted octanol–water partition coefficient (Wildman–Crippen LogP) is 7.16. The first-order chi connectivity index (χ1) is 16.2. The molecule has 0 atom stereocenters. The van der Waals surface area contributed by atoms with Gasteiger partial charge in [-0.25, -0.2) is 8.42 Å². The second kappa shape index (κ2) is 10.6. The van der Waals surface area contributed by atoms with E-state index in [1.807, 2.05) is 30.3 Å². The number of nitrogens with zero attached hydrogens (tertiary/aromatic N) is 1. The van der Waals surface area contributed by atoms with Crippen LogP contribution in [0.1, 0.15) is 25.0 Å². The summed E-state index contributed by atoms with van der Waals surface area (Å²) in [6.45, 7) is 14.5. The van der Waals surface area contributed by atoms with Crippen LogP contribution in [-0.4, -0.2) is 18.5 Å². The molecule has 0 spiro atoms. The molecule has 0 fully saturated rings. The van der Waals surface area contributed by atoms with Crippen molar-refractivity contribution in [2.75, 3.05) is 4.72 Å². The average Bonchev–Trinajstić information content (AvgIpc) is 2.80. The molecular formula is C27H26N2O3S2. The summed E-state index contributed by atoms with van der Waals surface area (Å²) in [5.41, 5.74) is 2.64. The Morgan fingerprint density at radius 2 is 1.76 bits per heavy atom. The fourth-order valence-electron chi connectivity index (χ4n) is 3.41. The summed E-state index contributed by atoms with van der Waals surface area (Å²) in [5, 5.41) is 11.9. The molecule has 0 aliphatic carbocycles. The highest BCUT2D eigenvalue weighted by molar-refractivity contribution is 7.99. The van der Waals surface area contributed by atoms with E-state index >= 15 is 0 Å². The van der Waals surface area contributed by atoms with Crippen LogP contribution in [0.5, 0.6) is 5.75 Å². The molecule has 0 unspecified atom stereocenters. The Labute approximate surface area is 205 Å². The molecule has 34 heavy (non-hydrogen) atoms. The Kier molecular flexibility index (Phi) is 7.81. The zero-order chi connectivity index (χ0) is 24.9. The van der Waals surface area contributed by atoms with Gasteiger partial charge >= 0.3 is 0 Å². The van der Waals surface area contributed by atoms with Gasteiger partial charge in [0, 0.05) is 27.6 Å². The molecule has 174 valence electrons. The number of sulfonamides is 1. The van der Waals surface area contributed by atoms with Gasteiger partial charge in [-0.2, -0.15) is 0 Å². The van der Waals surface area contributed by atoms with Gasteiger partial charge in [0.1, 0.15) is 5.75 Å². The highest BCUT2D eigenvalue weighted by atomic mass is 32.2. The third kappa shape index (κ3) is 5.32. The largest absolute Gasteiger partial charge is 0.506 e. The first-order valence-electron chi connectivity index (χ1n) is 10.4. The van der Waals surface area contributed by atoms with Gasteiger partial charge in [0.15, 0.2) is 0 Å². The van der Waals surface area contributed by atoms with Gasteiger partial charge in [0.25, 0.3) is 10.0 Å². The van der Waals surface area contributed by atoms with Crippen LogP contribution in [-0.2, 0) is 10.0 Å². The van der Waals surface area contributed by atoms with Crippen LogP contribution in [0.4, 0.5) is 5.69 Å². The summed E-state index contributed by atoms with van der Waals surface area (Å²) in [4.78, 5) is 5.88. The Bertz CT molecular complexity index is 1450. The monoisotopic (exact) mass is 490 g/mol. The molecule has 3 aromatic rings. The van der Waals surface area contributed by atoms with Crippen molar-refractivity contribution in [3.8, 4) is 5.75 Å². The third-order valence-corrected chi connectivity index (χ3v) is 7.58. The van der Waals surface area contributed by atoms with E-state index in [1.54, 1.807) is 37.4 Å². The number of benzene rings is 2. The van der Waals surface area contributed by atoms with E-state index in [9.17, 15) is 13.5 Å². The molecule has 0 amide bonds. The molecule has 1 aromatic heterocycles. The van der Waals surface area contributed by atoms with E-state index < -0.39 is 10.0 Å². The minimum absolute atomic E-state index is 0.0113. The minimum Gasteiger partial charge on any atom is -0.506 e. The molecular weight excluding hydrogens is 464 g/mol. The van der Waals surface area contributed by atoms with Gasteiger partial charge in [0.05, 0.1) is 21.0 Å². The van der Waals surface area contributed by atoms with E-state index in [0.29, 0.717) is 16.0 Å². The molecule has 3 rings (SSSR count). The van der Waals surface area contributed by atoms with Gasteiger partial charge in [-0.1, -0.05) is 79.6 Å². The number of phenols is 1. The number of phenolic OH excluding ortho intramolecular Hbond substituents is 1. The number of para-hydroxylation sites is 1. The SMILES string of the molecule is C=C/C=C(C)/C=C(\C)S(=O)(=O)Nc1cc(Sc2cccc3cccnc23)c(O)c(C=C)c1C=C. The average molecular weight is 491 g/mol. The minimum atomic E-state index is -3.87. The Balaban J connectivity index is 2.12. The number of aromatic hydroxyl groups is 1. The van der Waals surface area contributed by atoms with Crippen molar-refractivity contribution in [1.82, 2.24) is 4.98 Å². The predicted molar refractivity (Wildman–Crippen MR) is 144 cm³/mol. The van der Waals surface area contributed by atoms with Crippen molar-refractivity contribution in [3.63, 3.8) is 0 Å². The summed E-state index contributed by atoms with van der Waals surface area (Å²) in [5.74, 6) is -0.0113. The number of rotatable bonds is 9. The van der Waals surface area contributed by atoms with Crippen LogP contribution in [0.2, 0.25) is 0 Å². The molecule has 0 saturated heterocycles. The second-order valence-electron chi connectivity index (χ2n) is 7.45. The Hall–Kier alpha value is -3.55. The number of anilines is 1. The molecule has 2 N–H and O–H groups in total. The molecule has 0 aliphatic rings. The summed E-state index contributed by atoms with van der Waals surface area (Å²) in [6.07, 6.45) is 9.55. The number of hydrogen-bond donors (Lipinski definition) is 2. The van der Waals surface area contributed by atoms with Gasteiger partial charge in [-0.05, 0) is 38.1 Å². The number of pyridine rings is 1. The van der Waals surface area contributed by atoms with E-state index in [-0.39, 0.29) is 16.3 Å². The van der Waals surface area contributed by atoms with Gasteiger partial charge in [-0.3, -0.25) is 9.71 Å². The number of hydrogen-bond acceptors (Lipinski definition) is 5. The molecule has 2 aromatic carbocycles. The van der Waals surface area contributed by atoms with Gasteiger partial charge in [-0.15, -0.1) is 0 Å². The van der Waals surface area contributed by atoms with E-state index in [1.165, 1.54) is 30.8 Å². The summed E-state index contributed by atoms with van der Waals surface area (Å²) in [7, 11) is -3.87. The summed E-state index contributed by atoms with van der Waals surface area (Å²) in [6, 6.07) is 11.2. The van der Waals surface area contributed by atoms with Crippen molar-refractivity contribution in [1.29, 1.82) is 0 Å². The lowest BCUT2D eigenvalue weighted by Crippen LogP contribution is -2.15. The van der Waals surface area contributed by atoms with Crippen molar-refractivity contribution in [2.24, 2.45) is 0 Å². The van der Waals surface area contributed by atoms with Crippen molar-refractivity contribution < 1.29 is 13.5 Å². The smallest absolute Gasteiger partial charge is 0.257 e. The molecule has 7 heteroatoms. The van der Waals surface area contributed by atoms with Crippen molar-refractivity contribution in [2.45, 2.75) is 23.6 Å². The molecule has 1 heterocycles. The molecule has 5 nitrogen and oxygen atoms in total. The van der Waals surface area contributed by atoms with Crippen molar-refractivity contribution in [3.05, 3.63) is 102 Å². The van der Waals surface area contributed by atoms with Crippen LogP contribution in [0.15, 0.2) is 101 Å². The van der Waals surface area contributed by atoms with Crippen LogP contribution in [0, 0.1) is 0 Å². The van der Waals surface area contributed by atoms with E-state index in [2.05, 4.69) is 29.4 Å². The molecule has 0 aliphatic heterocycles. The Morgan fingerprint density at radius 3 is 2.44 bits per heavy atom. The van der Waals surface area contributed by atoms with Crippen LogP contribution >= 0.6 is 11.8 Å². The van der Waals surface area contributed by atoms with E-state index in [4.69, 9.17) is 0 Å². The first kappa shape index (κ1) is 25.1. The lowest BCUT2D eigenvalue weighted by molar-refractivity contribution is 0.461. The normalized spacial score (nSPS) is 12.4. The lowest BCUT2D eigenvalue weighted by atomic mass is 10.0. The fraction of sp³-hybridized carbons (Fsp3) is 0.0741.